The molecule has 1 unspecified atom stereocenters. The van der Waals surface area contributed by atoms with Gasteiger partial charge in [-0.2, -0.15) is 0 Å². The molecule has 1 atom stereocenters. The summed E-state index contributed by atoms with van der Waals surface area (Å²) in [5.74, 6) is -1.29. The van der Waals surface area contributed by atoms with Gasteiger partial charge in [0.15, 0.2) is 0 Å². The Balaban J connectivity index is 1.99. The number of alkyl halides is 2. The number of amides is 1. The Bertz CT molecular complexity index is 552. The minimum absolute atomic E-state index is 0.0606. The van der Waals surface area contributed by atoms with E-state index in [0.717, 1.165) is 5.56 Å². The quantitative estimate of drug-likeness (QED) is 0.902. The molecule has 2 rings (SSSR count). The lowest BCUT2D eigenvalue weighted by Crippen LogP contribution is -2.50. The zero-order valence-corrected chi connectivity index (χ0v) is 12.6. The van der Waals surface area contributed by atoms with Gasteiger partial charge >= 0.3 is 12.1 Å². The minimum Gasteiger partial charge on any atom is -0.481 e. The van der Waals surface area contributed by atoms with E-state index in [4.69, 9.17) is 4.74 Å². The van der Waals surface area contributed by atoms with Crippen LogP contribution in [0.3, 0.4) is 0 Å². The summed E-state index contributed by atoms with van der Waals surface area (Å²) in [5, 5.41) is 9.33. The van der Waals surface area contributed by atoms with Crippen molar-refractivity contribution in [2.75, 3.05) is 13.1 Å². The maximum Gasteiger partial charge on any atom is 0.410 e. The fraction of sp³-hybridized carbons (Fsp3) is 0.500. The Morgan fingerprint density at radius 2 is 2.00 bits per heavy atom. The largest absolute Gasteiger partial charge is 0.481 e. The smallest absolute Gasteiger partial charge is 0.410 e. The molecular formula is C16H19F2NO4. The molecule has 23 heavy (non-hydrogen) atoms. The first-order valence-corrected chi connectivity index (χ1v) is 7.40. The molecule has 0 bridgehead atoms. The highest BCUT2D eigenvalue weighted by molar-refractivity contribution is 5.77. The maximum atomic E-state index is 12.7. The number of rotatable bonds is 5. The van der Waals surface area contributed by atoms with Crippen LogP contribution >= 0.6 is 0 Å². The van der Waals surface area contributed by atoms with E-state index < -0.39 is 30.3 Å². The van der Waals surface area contributed by atoms with Crippen molar-refractivity contribution in [3.05, 3.63) is 35.9 Å². The third-order valence-corrected chi connectivity index (χ3v) is 4.04. The van der Waals surface area contributed by atoms with Crippen molar-refractivity contribution < 1.29 is 28.2 Å². The molecule has 0 aromatic heterocycles. The van der Waals surface area contributed by atoms with Crippen molar-refractivity contribution >= 4 is 12.1 Å². The second kappa shape index (κ2) is 7.39. The maximum absolute atomic E-state index is 12.7. The van der Waals surface area contributed by atoms with E-state index >= 15 is 0 Å². The van der Waals surface area contributed by atoms with Crippen LogP contribution in [0.1, 0.15) is 24.8 Å². The number of nitrogens with zero attached hydrogens (tertiary/aromatic N) is 1. The summed E-state index contributed by atoms with van der Waals surface area (Å²) in [6.45, 7) is 0.122. The predicted molar refractivity (Wildman–Crippen MR) is 78.1 cm³/mol. The Labute approximate surface area is 132 Å². The molecule has 0 aliphatic carbocycles. The molecule has 1 aliphatic heterocycles. The van der Waals surface area contributed by atoms with Crippen LogP contribution in [-0.2, 0) is 16.1 Å². The van der Waals surface area contributed by atoms with E-state index in [1.165, 1.54) is 4.90 Å². The number of ether oxygens (including phenoxy) is 1. The van der Waals surface area contributed by atoms with Gasteiger partial charge < -0.3 is 14.7 Å². The average molecular weight is 327 g/mol. The lowest BCUT2D eigenvalue weighted by atomic mass is 9.77. The monoisotopic (exact) mass is 327 g/mol. The molecule has 1 N–H and O–H groups in total. The van der Waals surface area contributed by atoms with Crippen LogP contribution in [-0.4, -0.2) is 41.6 Å². The molecule has 1 aromatic rings. The molecular weight excluding hydrogens is 308 g/mol. The Morgan fingerprint density at radius 3 is 2.61 bits per heavy atom. The summed E-state index contributed by atoms with van der Waals surface area (Å²) in [4.78, 5) is 24.7. The number of piperidine rings is 1. The summed E-state index contributed by atoms with van der Waals surface area (Å²) in [5.41, 5.74) is -0.798. The summed E-state index contributed by atoms with van der Waals surface area (Å²) in [6, 6.07) is 9.04. The van der Waals surface area contributed by atoms with Crippen molar-refractivity contribution in [1.29, 1.82) is 0 Å². The molecule has 1 aromatic carbocycles. The van der Waals surface area contributed by atoms with E-state index in [9.17, 15) is 23.5 Å². The van der Waals surface area contributed by atoms with Gasteiger partial charge in [0.1, 0.15) is 6.61 Å². The normalized spacial score (nSPS) is 21.3. The van der Waals surface area contributed by atoms with Crippen LogP contribution in [0.25, 0.3) is 0 Å². The number of aliphatic carboxylic acids is 1. The van der Waals surface area contributed by atoms with Gasteiger partial charge in [-0.15, -0.1) is 0 Å². The van der Waals surface area contributed by atoms with E-state index in [0.29, 0.717) is 13.0 Å². The topological polar surface area (TPSA) is 66.8 Å². The number of hydrogen-bond donors (Lipinski definition) is 1. The highest BCUT2D eigenvalue weighted by Gasteiger charge is 2.45. The lowest BCUT2D eigenvalue weighted by Gasteiger charge is -2.39. The molecule has 0 saturated carbocycles. The fourth-order valence-corrected chi connectivity index (χ4v) is 2.82. The number of hydrogen-bond acceptors (Lipinski definition) is 3. The Kier molecular flexibility index (Phi) is 5.52. The fourth-order valence-electron chi connectivity index (χ4n) is 2.82. The zero-order chi connectivity index (χ0) is 16.9. The first-order chi connectivity index (χ1) is 10.9. The van der Waals surface area contributed by atoms with Gasteiger partial charge in [0.05, 0.1) is 5.41 Å². The highest BCUT2D eigenvalue weighted by Crippen LogP contribution is 2.36. The van der Waals surface area contributed by atoms with Crippen LogP contribution in [0.5, 0.6) is 0 Å². The van der Waals surface area contributed by atoms with Crippen LogP contribution in [0, 0.1) is 5.41 Å². The van der Waals surface area contributed by atoms with Crippen LogP contribution in [0.4, 0.5) is 13.6 Å². The van der Waals surface area contributed by atoms with Crippen LogP contribution in [0.15, 0.2) is 30.3 Å². The molecule has 1 fully saturated rings. The molecule has 5 nitrogen and oxygen atoms in total. The van der Waals surface area contributed by atoms with Crippen molar-refractivity contribution in [1.82, 2.24) is 4.90 Å². The minimum atomic E-state index is -2.73. The number of likely N-dealkylation sites (tertiary alicyclic amines) is 1. The summed E-state index contributed by atoms with van der Waals surface area (Å²) >= 11 is 0. The number of carboxylic acids is 1. The summed E-state index contributed by atoms with van der Waals surface area (Å²) in [6.07, 6.45) is -3.67. The first kappa shape index (κ1) is 17.2. The second-order valence-electron chi connectivity index (χ2n) is 5.75. The summed E-state index contributed by atoms with van der Waals surface area (Å²) < 4.78 is 30.6. The van der Waals surface area contributed by atoms with Crippen molar-refractivity contribution in [2.24, 2.45) is 5.41 Å². The lowest BCUT2D eigenvalue weighted by molar-refractivity contribution is -0.155. The SMILES string of the molecule is O=C(OCc1ccccc1)N1CCCC(CC(F)F)(C(=O)O)C1. The third kappa shape index (κ3) is 4.40. The Morgan fingerprint density at radius 1 is 1.30 bits per heavy atom. The van der Waals surface area contributed by atoms with Crippen LogP contribution < -0.4 is 0 Å². The van der Waals surface area contributed by atoms with Gasteiger partial charge in [-0.05, 0) is 18.4 Å². The number of carboxylic acid groups (broad SMARTS) is 1. The molecule has 0 spiro atoms. The molecule has 1 amide bonds. The molecule has 1 heterocycles. The van der Waals surface area contributed by atoms with Gasteiger partial charge in [-0.1, -0.05) is 30.3 Å². The number of halogens is 2. The molecule has 1 aliphatic rings. The van der Waals surface area contributed by atoms with E-state index in [-0.39, 0.29) is 19.6 Å². The number of benzene rings is 1. The van der Waals surface area contributed by atoms with Crippen molar-refractivity contribution in [3.63, 3.8) is 0 Å². The number of carbonyl (C=O) groups excluding carboxylic acids is 1. The van der Waals surface area contributed by atoms with Gasteiger partial charge in [-0.3, -0.25) is 4.79 Å². The second-order valence-corrected chi connectivity index (χ2v) is 5.75. The summed E-state index contributed by atoms with van der Waals surface area (Å²) in [7, 11) is 0. The van der Waals surface area contributed by atoms with Gasteiger partial charge in [-0.25, -0.2) is 13.6 Å². The van der Waals surface area contributed by atoms with Gasteiger partial charge in [0.2, 0.25) is 6.43 Å². The molecule has 126 valence electrons. The standard InChI is InChI=1S/C16H19F2NO4/c17-13(18)9-16(14(20)21)7-4-8-19(11-16)15(22)23-10-12-5-2-1-3-6-12/h1-3,5-6,13H,4,7-11H2,(H,20,21). The van der Waals surface area contributed by atoms with Gasteiger partial charge in [0, 0.05) is 19.5 Å². The third-order valence-electron chi connectivity index (χ3n) is 4.04. The number of carbonyl (C=O) groups is 2. The highest BCUT2D eigenvalue weighted by atomic mass is 19.3. The van der Waals surface area contributed by atoms with Crippen molar-refractivity contribution in [3.8, 4) is 0 Å². The molecule has 1 saturated heterocycles. The van der Waals surface area contributed by atoms with E-state index in [1.54, 1.807) is 12.1 Å². The predicted octanol–water partition coefficient (Wildman–Crippen LogP) is 3.15. The first-order valence-electron chi connectivity index (χ1n) is 7.40. The van der Waals surface area contributed by atoms with Crippen LogP contribution in [0.2, 0.25) is 0 Å². The Hall–Kier alpha value is -2.18. The zero-order valence-electron chi connectivity index (χ0n) is 12.6. The molecule has 0 radical (unpaired) electrons. The van der Waals surface area contributed by atoms with E-state index in [2.05, 4.69) is 0 Å². The van der Waals surface area contributed by atoms with E-state index in [1.807, 2.05) is 18.2 Å². The van der Waals surface area contributed by atoms with Gasteiger partial charge in [0.25, 0.3) is 0 Å². The average Bonchev–Trinajstić information content (AvgIpc) is 2.53. The van der Waals surface area contributed by atoms with Crippen molar-refractivity contribution in [2.45, 2.75) is 32.3 Å². The molecule has 7 heteroatoms.